The monoisotopic (exact) mass is 316 g/mol. The zero-order valence-corrected chi connectivity index (χ0v) is 14.5. The molecule has 1 N–H and O–H groups in total. The van der Waals surface area contributed by atoms with Gasteiger partial charge in [0.1, 0.15) is 0 Å². The minimum atomic E-state index is 0.140. The highest BCUT2D eigenvalue weighted by Crippen LogP contribution is 2.32. The van der Waals surface area contributed by atoms with Gasteiger partial charge in [0, 0.05) is 57.9 Å². The van der Waals surface area contributed by atoms with E-state index in [0.717, 1.165) is 51.4 Å². The van der Waals surface area contributed by atoms with Gasteiger partial charge in [-0.3, -0.25) is 9.69 Å². The van der Waals surface area contributed by atoms with Crippen LogP contribution in [0.3, 0.4) is 0 Å². The van der Waals surface area contributed by atoms with E-state index in [-0.39, 0.29) is 5.91 Å². The van der Waals surface area contributed by atoms with E-state index in [4.69, 9.17) is 0 Å². The number of benzene rings is 1. The van der Waals surface area contributed by atoms with Gasteiger partial charge in [-0.25, -0.2) is 0 Å². The Kier molecular flexibility index (Phi) is 4.99. The molecule has 2 heterocycles. The fraction of sp³-hybridized carbons (Fsp3) is 0.611. The number of nitrogens with zero attached hydrogens (tertiary/aromatic N) is 3. The average Bonchev–Trinajstić information content (AvgIpc) is 2.96. The Hall–Kier alpha value is -1.43. The van der Waals surface area contributed by atoms with Crippen molar-refractivity contribution < 1.29 is 4.79 Å². The van der Waals surface area contributed by atoms with E-state index in [9.17, 15) is 4.79 Å². The number of carbonyl (C=O) groups excluding carboxylic acids is 1. The van der Waals surface area contributed by atoms with Crippen LogP contribution in [-0.4, -0.2) is 69.1 Å². The van der Waals surface area contributed by atoms with Gasteiger partial charge in [0.25, 0.3) is 0 Å². The third-order valence-corrected chi connectivity index (χ3v) is 5.03. The fourth-order valence-electron chi connectivity index (χ4n) is 3.66. The molecule has 0 aliphatic carbocycles. The summed E-state index contributed by atoms with van der Waals surface area (Å²) in [6.07, 6.45) is 0.969. The molecule has 2 aliphatic rings. The van der Waals surface area contributed by atoms with Gasteiger partial charge in [-0.1, -0.05) is 12.1 Å². The molecular formula is C18H28N4O. The maximum atomic E-state index is 11.7. The Morgan fingerprint density at radius 2 is 2.00 bits per heavy atom. The number of anilines is 1. The number of piperazine rings is 1. The van der Waals surface area contributed by atoms with Crippen LogP contribution in [0.1, 0.15) is 24.1 Å². The Morgan fingerprint density at radius 1 is 1.26 bits per heavy atom. The van der Waals surface area contributed by atoms with Gasteiger partial charge in [-0.05, 0) is 37.7 Å². The Bertz CT molecular complexity index is 566. The molecule has 5 heteroatoms. The molecule has 5 nitrogen and oxygen atoms in total. The molecule has 3 rings (SSSR count). The molecule has 126 valence electrons. The molecule has 0 saturated carbocycles. The van der Waals surface area contributed by atoms with Crippen molar-refractivity contribution in [3.8, 4) is 0 Å². The molecule has 1 amide bonds. The maximum absolute atomic E-state index is 11.7. The molecule has 23 heavy (non-hydrogen) atoms. The number of amides is 1. The van der Waals surface area contributed by atoms with Crippen LogP contribution >= 0.6 is 0 Å². The van der Waals surface area contributed by atoms with Crippen LogP contribution in [0.2, 0.25) is 0 Å². The lowest BCUT2D eigenvalue weighted by atomic mass is 10.0. The van der Waals surface area contributed by atoms with Gasteiger partial charge in [0.05, 0.1) is 0 Å². The number of nitrogens with one attached hydrogen (secondary N) is 1. The van der Waals surface area contributed by atoms with Crippen molar-refractivity contribution in [2.75, 3.05) is 58.3 Å². The first-order valence-electron chi connectivity index (χ1n) is 8.56. The van der Waals surface area contributed by atoms with Crippen LogP contribution in [0.15, 0.2) is 18.2 Å². The topological polar surface area (TPSA) is 38.8 Å². The third-order valence-electron chi connectivity index (χ3n) is 5.03. The molecule has 0 radical (unpaired) electrons. The number of carbonyl (C=O) groups is 1. The summed E-state index contributed by atoms with van der Waals surface area (Å²) in [5.74, 6) is 0.140. The number of hydrogen-bond donors (Lipinski definition) is 1. The van der Waals surface area contributed by atoms with Crippen molar-refractivity contribution in [2.24, 2.45) is 0 Å². The van der Waals surface area contributed by atoms with Crippen molar-refractivity contribution in [3.63, 3.8) is 0 Å². The summed E-state index contributed by atoms with van der Waals surface area (Å²) in [6.45, 7) is 7.93. The Labute approximate surface area is 139 Å². The van der Waals surface area contributed by atoms with Crippen LogP contribution in [0.4, 0.5) is 5.69 Å². The number of hydrogen-bond acceptors (Lipinski definition) is 4. The van der Waals surface area contributed by atoms with Gasteiger partial charge < -0.3 is 15.1 Å². The van der Waals surface area contributed by atoms with Crippen molar-refractivity contribution in [3.05, 3.63) is 29.3 Å². The molecule has 2 aliphatic heterocycles. The number of fused-ring (bicyclic) bond motifs is 1. The van der Waals surface area contributed by atoms with Gasteiger partial charge >= 0.3 is 0 Å². The van der Waals surface area contributed by atoms with Crippen molar-refractivity contribution >= 4 is 11.6 Å². The highest BCUT2D eigenvalue weighted by molar-refractivity contribution is 5.93. The number of likely N-dealkylation sites (N-methyl/N-ethyl adjacent to an activating group) is 1. The molecule has 1 atom stereocenters. The molecule has 0 spiro atoms. The average molecular weight is 316 g/mol. The lowest BCUT2D eigenvalue weighted by Crippen LogP contribution is -2.46. The second-order valence-electron chi connectivity index (χ2n) is 6.84. The van der Waals surface area contributed by atoms with Crippen molar-refractivity contribution in [2.45, 2.75) is 19.4 Å². The molecule has 1 aromatic carbocycles. The van der Waals surface area contributed by atoms with Crippen molar-refractivity contribution in [1.29, 1.82) is 0 Å². The van der Waals surface area contributed by atoms with Gasteiger partial charge in [-0.15, -0.1) is 0 Å². The van der Waals surface area contributed by atoms with Gasteiger partial charge in [-0.2, -0.15) is 0 Å². The highest BCUT2D eigenvalue weighted by Gasteiger charge is 2.25. The smallest absolute Gasteiger partial charge is 0.223 e. The fourth-order valence-corrected chi connectivity index (χ4v) is 3.66. The molecule has 0 aromatic heterocycles. The summed E-state index contributed by atoms with van der Waals surface area (Å²) >= 11 is 0. The summed E-state index contributed by atoms with van der Waals surface area (Å²) in [5.41, 5.74) is 3.77. The zero-order valence-electron chi connectivity index (χ0n) is 14.5. The minimum Gasteiger partial charge on any atom is -0.314 e. The van der Waals surface area contributed by atoms with Crippen LogP contribution < -0.4 is 10.2 Å². The first-order chi connectivity index (χ1) is 11.1. The predicted octanol–water partition coefficient (Wildman–Crippen LogP) is 1.10. The molecule has 1 fully saturated rings. The van der Waals surface area contributed by atoms with Crippen LogP contribution in [0.25, 0.3) is 0 Å². The minimum absolute atomic E-state index is 0.140. The quantitative estimate of drug-likeness (QED) is 0.903. The Morgan fingerprint density at radius 3 is 2.65 bits per heavy atom. The third kappa shape index (κ3) is 3.57. The number of rotatable bonds is 4. The maximum Gasteiger partial charge on any atom is 0.223 e. The first kappa shape index (κ1) is 16.4. The van der Waals surface area contributed by atoms with Crippen LogP contribution in [-0.2, 0) is 11.2 Å². The van der Waals surface area contributed by atoms with E-state index in [1.165, 1.54) is 11.1 Å². The summed E-state index contributed by atoms with van der Waals surface area (Å²) in [7, 11) is 4.31. The molecule has 1 saturated heterocycles. The standard InChI is InChI=1S/C18H28N4O/c1-14(23)22-9-6-16-12-15(4-5-17(16)22)18(20(2)3)13-21-10-7-19-8-11-21/h4-5,12,18-19H,6-11,13H2,1-3H3. The highest BCUT2D eigenvalue weighted by atomic mass is 16.2. The second kappa shape index (κ2) is 6.99. The van der Waals surface area contributed by atoms with Gasteiger partial charge in [0.15, 0.2) is 0 Å². The van der Waals surface area contributed by atoms with Crippen LogP contribution in [0.5, 0.6) is 0 Å². The largest absolute Gasteiger partial charge is 0.314 e. The lowest BCUT2D eigenvalue weighted by Gasteiger charge is -2.34. The molecule has 1 aromatic rings. The van der Waals surface area contributed by atoms with Gasteiger partial charge in [0.2, 0.25) is 5.91 Å². The first-order valence-corrected chi connectivity index (χ1v) is 8.56. The summed E-state index contributed by atoms with van der Waals surface area (Å²) in [4.78, 5) is 18.4. The van der Waals surface area contributed by atoms with E-state index >= 15 is 0 Å². The predicted molar refractivity (Wildman–Crippen MR) is 93.9 cm³/mol. The summed E-state index contributed by atoms with van der Waals surface area (Å²) in [5, 5.41) is 3.41. The summed E-state index contributed by atoms with van der Waals surface area (Å²) in [6, 6.07) is 7.04. The van der Waals surface area contributed by atoms with E-state index < -0.39 is 0 Å². The zero-order chi connectivity index (χ0) is 16.4. The summed E-state index contributed by atoms with van der Waals surface area (Å²) < 4.78 is 0. The van der Waals surface area contributed by atoms with Crippen LogP contribution in [0, 0.1) is 0 Å². The van der Waals surface area contributed by atoms with E-state index in [1.807, 2.05) is 4.90 Å². The van der Waals surface area contributed by atoms with E-state index in [2.05, 4.69) is 47.4 Å². The second-order valence-corrected chi connectivity index (χ2v) is 6.84. The van der Waals surface area contributed by atoms with Crippen molar-refractivity contribution in [1.82, 2.24) is 15.1 Å². The molecule has 1 unspecified atom stereocenters. The molecular weight excluding hydrogens is 288 g/mol. The lowest BCUT2D eigenvalue weighted by molar-refractivity contribution is -0.116. The normalized spacial score (nSPS) is 19.9. The Balaban J connectivity index is 1.79. The van der Waals surface area contributed by atoms with E-state index in [1.54, 1.807) is 6.92 Å². The SMILES string of the molecule is CC(=O)N1CCc2cc(C(CN3CCNCC3)N(C)C)ccc21. The molecule has 0 bridgehead atoms. The van der Waals surface area contributed by atoms with E-state index in [0.29, 0.717) is 6.04 Å².